The van der Waals surface area contributed by atoms with Crippen LogP contribution in [0.15, 0.2) is 36.4 Å². The van der Waals surface area contributed by atoms with Gasteiger partial charge in [0.05, 0.1) is 35.0 Å². The number of ether oxygens (including phenoxy) is 2. The molecule has 2 aromatic carbocycles. The van der Waals surface area contributed by atoms with Crippen molar-refractivity contribution < 1.29 is 14.3 Å². The van der Waals surface area contributed by atoms with Gasteiger partial charge in [-0.25, -0.2) is 0 Å². The number of nitrogens with one attached hydrogen (secondary N) is 2. The third kappa shape index (κ3) is 6.01. The summed E-state index contributed by atoms with van der Waals surface area (Å²) in [6.07, 6.45) is 2.96. The monoisotopic (exact) mass is 444 g/mol. The number of hydrogen-bond donors (Lipinski definition) is 2. The van der Waals surface area contributed by atoms with E-state index in [4.69, 9.17) is 56.5 Å². The first-order valence-electron chi connectivity index (χ1n) is 7.50. The summed E-state index contributed by atoms with van der Waals surface area (Å²) in [6.45, 7) is 0. The summed E-state index contributed by atoms with van der Waals surface area (Å²) in [5.41, 5.74) is 1.19. The molecule has 9 heteroatoms. The Labute approximate surface area is 177 Å². The van der Waals surface area contributed by atoms with Crippen molar-refractivity contribution in [1.29, 1.82) is 0 Å². The number of amides is 1. The molecule has 0 bridgehead atoms. The quantitative estimate of drug-likeness (QED) is 0.377. The van der Waals surface area contributed by atoms with Gasteiger partial charge < -0.3 is 14.8 Å². The van der Waals surface area contributed by atoms with Crippen LogP contribution in [0.2, 0.25) is 15.1 Å². The van der Waals surface area contributed by atoms with Gasteiger partial charge in [0.15, 0.2) is 16.6 Å². The highest BCUT2D eigenvalue weighted by atomic mass is 35.5. The highest BCUT2D eigenvalue weighted by molar-refractivity contribution is 7.80. The van der Waals surface area contributed by atoms with Crippen molar-refractivity contribution in [2.24, 2.45) is 0 Å². The number of methoxy groups -OCH3 is 2. The Morgan fingerprint density at radius 2 is 1.67 bits per heavy atom. The molecule has 0 saturated carbocycles. The van der Waals surface area contributed by atoms with Gasteiger partial charge in [-0.3, -0.25) is 10.1 Å². The fourth-order valence-corrected chi connectivity index (χ4v) is 2.86. The number of thiocarbonyl (C=S) groups is 1. The first-order chi connectivity index (χ1) is 12.8. The minimum absolute atomic E-state index is 0.0669. The lowest BCUT2D eigenvalue weighted by Crippen LogP contribution is -2.32. The fraction of sp³-hybridized carbons (Fsp3) is 0.111. The molecule has 27 heavy (non-hydrogen) atoms. The molecule has 0 fully saturated rings. The number of carbonyl (C=O) groups excluding carboxylic acids is 1. The molecule has 0 spiro atoms. The van der Waals surface area contributed by atoms with Crippen LogP contribution in [0.5, 0.6) is 11.5 Å². The average molecular weight is 446 g/mol. The number of halogens is 3. The van der Waals surface area contributed by atoms with Crippen molar-refractivity contribution in [2.45, 2.75) is 0 Å². The Morgan fingerprint density at radius 1 is 1.00 bits per heavy atom. The minimum atomic E-state index is -0.418. The largest absolute Gasteiger partial charge is 0.493 e. The van der Waals surface area contributed by atoms with Crippen LogP contribution in [0.4, 0.5) is 5.69 Å². The van der Waals surface area contributed by atoms with Crippen LogP contribution >= 0.6 is 47.0 Å². The topological polar surface area (TPSA) is 59.6 Å². The highest BCUT2D eigenvalue weighted by Gasteiger charge is 2.09. The van der Waals surface area contributed by atoms with Crippen LogP contribution in [0.25, 0.3) is 6.08 Å². The van der Waals surface area contributed by atoms with Gasteiger partial charge in [-0.1, -0.05) is 40.9 Å². The molecule has 0 heterocycles. The van der Waals surface area contributed by atoms with Crippen LogP contribution in [0.1, 0.15) is 5.56 Å². The molecule has 1 amide bonds. The maximum atomic E-state index is 12.0. The standard InChI is InChI=1S/C18H15Cl3N2O3S/c1-25-15-5-3-10(7-16(15)26-2)4-6-17(24)23-18(27)22-14-9-12(20)11(19)8-13(14)21/h3-9H,1-2H3,(H2,22,23,24,27)/b6-4+. The number of rotatable bonds is 5. The molecule has 0 unspecified atom stereocenters. The Bertz CT molecular complexity index is 904. The van der Waals surface area contributed by atoms with E-state index in [1.807, 2.05) is 0 Å². The van der Waals surface area contributed by atoms with Crippen LogP contribution < -0.4 is 20.1 Å². The van der Waals surface area contributed by atoms with Crippen LogP contribution in [0, 0.1) is 0 Å². The molecule has 2 rings (SSSR count). The molecule has 0 aliphatic carbocycles. The highest BCUT2D eigenvalue weighted by Crippen LogP contribution is 2.32. The lowest BCUT2D eigenvalue weighted by Gasteiger charge is -2.11. The van der Waals surface area contributed by atoms with Crippen molar-refractivity contribution in [2.75, 3.05) is 19.5 Å². The van der Waals surface area contributed by atoms with Crippen LogP contribution in [0.3, 0.4) is 0 Å². The summed E-state index contributed by atoms with van der Waals surface area (Å²) in [5, 5.41) is 6.33. The van der Waals surface area contributed by atoms with Crippen LogP contribution in [-0.2, 0) is 4.79 Å². The molecule has 2 N–H and O–H groups in total. The lowest BCUT2D eigenvalue weighted by atomic mass is 10.2. The zero-order valence-electron chi connectivity index (χ0n) is 14.3. The maximum absolute atomic E-state index is 12.0. The smallest absolute Gasteiger partial charge is 0.250 e. The Morgan fingerprint density at radius 3 is 2.33 bits per heavy atom. The van der Waals surface area contributed by atoms with Gasteiger partial charge in [0.1, 0.15) is 0 Å². The van der Waals surface area contributed by atoms with E-state index in [-0.39, 0.29) is 5.11 Å². The third-order valence-corrected chi connectivity index (χ3v) is 4.57. The van der Waals surface area contributed by atoms with Gasteiger partial charge in [0.25, 0.3) is 0 Å². The van der Waals surface area contributed by atoms with Crippen molar-refractivity contribution in [3.05, 3.63) is 57.0 Å². The van der Waals surface area contributed by atoms with Gasteiger partial charge in [0, 0.05) is 6.08 Å². The van der Waals surface area contributed by atoms with Crippen molar-refractivity contribution in [3.8, 4) is 11.5 Å². The first kappa shape index (κ1) is 21.3. The summed E-state index contributed by atoms with van der Waals surface area (Å²) in [5.74, 6) is 0.743. The maximum Gasteiger partial charge on any atom is 0.250 e. The molecule has 5 nitrogen and oxygen atoms in total. The summed E-state index contributed by atoms with van der Waals surface area (Å²) in [6, 6.07) is 8.28. The van der Waals surface area contributed by atoms with Gasteiger partial charge in [0.2, 0.25) is 5.91 Å². The molecule has 0 radical (unpaired) electrons. The number of carbonyl (C=O) groups is 1. The van der Waals surface area contributed by atoms with Crippen LogP contribution in [-0.4, -0.2) is 25.2 Å². The molecular weight excluding hydrogens is 431 g/mol. The van der Waals surface area contributed by atoms with E-state index in [0.717, 1.165) is 5.56 Å². The number of anilines is 1. The number of hydrogen-bond acceptors (Lipinski definition) is 4. The molecule has 0 atom stereocenters. The van der Waals surface area contributed by atoms with E-state index in [1.54, 1.807) is 31.4 Å². The fourth-order valence-electron chi connectivity index (χ4n) is 2.05. The van der Waals surface area contributed by atoms with E-state index in [1.165, 1.54) is 25.3 Å². The number of benzene rings is 2. The summed E-state index contributed by atoms with van der Waals surface area (Å²) < 4.78 is 10.4. The molecule has 2 aromatic rings. The zero-order chi connectivity index (χ0) is 20.0. The van der Waals surface area contributed by atoms with Crippen molar-refractivity contribution in [3.63, 3.8) is 0 Å². The molecule has 0 aromatic heterocycles. The lowest BCUT2D eigenvalue weighted by molar-refractivity contribution is -0.115. The van der Waals surface area contributed by atoms with E-state index < -0.39 is 5.91 Å². The predicted molar refractivity (Wildman–Crippen MR) is 114 cm³/mol. The van der Waals surface area contributed by atoms with Crippen molar-refractivity contribution in [1.82, 2.24) is 5.32 Å². The van der Waals surface area contributed by atoms with E-state index in [9.17, 15) is 4.79 Å². The molecule has 0 aliphatic heterocycles. The summed E-state index contributed by atoms with van der Waals surface area (Å²) in [7, 11) is 3.09. The second-order valence-corrected chi connectivity index (χ2v) is 6.77. The SMILES string of the molecule is COc1ccc(/C=C/C(=O)NC(=S)Nc2cc(Cl)c(Cl)cc2Cl)cc1OC. The van der Waals surface area contributed by atoms with E-state index in [0.29, 0.717) is 32.3 Å². The molecule has 0 aliphatic rings. The van der Waals surface area contributed by atoms with E-state index >= 15 is 0 Å². The predicted octanol–water partition coefficient (Wildman–Crippen LogP) is 5.19. The van der Waals surface area contributed by atoms with Crippen molar-refractivity contribution >= 4 is 69.8 Å². The Balaban J connectivity index is 2.00. The minimum Gasteiger partial charge on any atom is -0.493 e. The Hall–Kier alpha value is -1.99. The van der Waals surface area contributed by atoms with Gasteiger partial charge >= 0.3 is 0 Å². The van der Waals surface area contributed by atoms with E-state index in [2.05, 4.69) is 10.6 Å². The average Bonchev–Trinajstić information content (AvgIpc) is 2.64. The summed E-state index contributed by atoms with van der Waals surface area (Å²) >= 11 is 23.0. The second-order valence-electron chi connectivity index (χ2n) is 5.14. The third-order valence-electron chi connectivity index (χ3n) is 3.33. The first-order valence-corrected chi connectivity index (χ1v) is 9.05. The Kier molecular flexibility index (Phi) is 7.74. The van der Waals surface area contributed by atoms with Gasteiger partial charge in [-0.2, -0.15) is 0 Å². The van der Waals surface area contributed by atoms with Gasteiger partial charge in [-0.15, -0.1) is 0 Å². The molecule has 142 valence electrons. The second kappa shape index (κ2) is 9.80. The van der Waals surface area contributed by atoms with Gasteiger partial charge in [-0.05, 0) is 48.1 Å². The molecular formula is C18H15Cl3N2O3S. The molecule has 0 saturated heterocycles. The summed E-state index contributed by atoms with van der Waals surface area (Å²) in [4.78, 5) is 12.0. The zero-order valence-corrected chi connectivity index (χ0v) is 17.4. The normalized spacial score (nSPS) is 10.6.